The predicted octanol–water partition coefficient (Wildman–Crippen LogP) is 5.65. The minimum atomic E-state index is 0.0883. The van der Waals surface area contributed by atoms with Crippen molar-refractivity contribution < 1.29 is 9.47 Å². The molecule has 0 saturated carbocycles. The molecular weight excluding hydrogens is 296 g/mol. The molecule has 0 bridgehead atoms. The SMILES string of the molecule is C=C(OCC)C(CCCCl)c1cc(C(C)(C)C)ccc1OC. The number of ether oxygens (including phenoxy) is 2. The Kier molecular flexibility index (Phi) is 7.28. The first-order valence-corrected chi connectivity index (χ1v) is 8.44. The molecule has 0 heterocycles. The topological polar surface area (TPSA) is 18.5 Å². The van der Waals surface area contributed by atoms with Gasteiger partial charge in [0.05, 0.1) is 19.5 Å². The molecule has 0 saturated heterocycles. The quantitative estimate of drug-likeness (QED) is 0.454. The van der Waals surface area contributed by atoms with E-state index in [9.17, 15) is 0 Å². The lowest BCUT2D eigenvalue weighted by Gasteiger charge is -2.26. The number of halogens is 1. The molecule has 0 spiro atoms. The maximum absolute atomic E-state index is 5.89. The Balaban J connectivity index is 3.27. The fourth-order valence-electron chi connectivity index (χ4n) is 2.53. The number of methoxy groups -OCH3 is 1. The van der Waals surface area contributed by atoms with E-state index in [1.165, 1.54) is 5.56 Å². The molecular formula is C19H29ClO2. The summed E-state index contributed by atoms with van der Waals surface area (Å²) in [6.45, 7) is 13.4. The van der Waals surface area contributed by atoms with Gasteiger partial charge in [-0.05, 0) is 36.8 Å². The highest BCUT2D eigenvalue weighted by atomic mass is 35.5. The fourth-order valence-corrected chi connectivity index (χ4v) is 2.68. The summed E-state index contributed by atoms with van der Waals surface area (Å²) < 4.78 is 11.3. The van der Waals surface area contributed by atoms with Gasteiger partial charge >= 0.3 is 0 Å². The molecule has 124 valence electrons. The van der Waals surface area contributed by atoms with Crippen molar-refractivity contribution in [1.29, 1.82) is 0 Å². The highest BCUT2D eigenvalue weighted by Gasteiger charge is 2.23. The van der Waals surface area contributed by atoms with Crippen molar-refractivity contribution in [3.05, 3.63) is 41.7 Å². The molecule has 0 aliphatic rings. The summed E-state index contributed by atoms with van der Waals surface area (Å²) in [7, 11) is 1.71. The summed E-state index contributed by atoms with van der Waals surface area (Å²) in [6.07, 6.45) is 1.83. The minimum Gasteiger partial charge on any atom is -0.498 e. The first kappa shape index (κ1) is 18.9. The Morgan fingerprint density at radius 2 is 2.00 bits per heavy atom. The van der Waals surface area contributed by atoms with Crippen LogP contribution >= 0.6 is 11.6 Å². The van der Waals surface area contributed by atoms with E-state index in [1.807, 2.05) is 13.0 Å². The van der Waals surface area contributed by atoms with Gasteiger partial charge in [-0.15, -0.1) is 11.6 Å². The third-order valence-electron chi connectivity index (χ3n) is 3.82. The van der Waals surface area contributed by atoms with Gasteiger partial charge in [0.15, 0.2) is 0 Å². The number of benzene rings is 1. The van der Waals surface area contributed by atoms with Crippen LogP contribution in [0.5, 0.6) is 5.75 Å². The molecule has 0 fully saturated rings. The van der Waals surface area contributed by atoms with E-state index in [1.54, 1.807) is 7.11 Å². The Labute approximate surface area is 140 Å². The number of rotatable bonds is 8. The van der Waals surface area contributed by atoms with Gasteiger partial charge in [0.1, 0.15) is 5.75 Å². The lowest BCUT2D eigenvalue weighted by atomic mass is 9.83. The Hall–Kier alpha value is -1.15. The second-order valence-electron chi connectivity index (χ2n) is 6.49. The van der Waals surface area contributed by atoms with Crippen LogP contribution in [0.4, 0.5) is 0 Å². The molecule has 0 aliphatic heterocycles. The van der Waals surface area contributed by atoms with Crippen molar-refractivity contribution in [2.24, 2.45) is 0 Å². The number of hydrogen-bond donors (Lipinski definition) is 0. The zero-order valence-corrected chi connectivity index (χ0v) is 15.3. The highest BCUT2D eigenvalue weighted by molar-refractivity contribution is 6.17. The van der Waals surface area contributed by atoms with Gasteiger partial charge in [-0.2, -0.15) is 0 Å². The normalized spacial score (nSPS) is 12.8. The summed E-state index contributed by atoms with van der Waals surface area (Å²) in [4.78, 5) is 0. The first-order chi connectivity index (χ1) is 10.3. The van der Waals surface area contributed by atoms with Crippen LogP contribution < -0.4 is 4.74 Å². The van der Waals surface area contributed by atoms with Crippen LogP contribution in [0.25, 0.3) is 0 Å². The summed E-state index contributed by atoms with van der Waals surface area (Å²) in [5.41, 5.74) is 2.51. The average molecular weight is 325 g/mol. The van der Waals surface area contributed by atoms with Crippen molar-refractivity contribution in [2.75, 3.05) is 19.6 Å². The summed E-state index contributed by atoms with van der Waals surface area (Å²) in [5.74, 6) is 2.42. The van der Waals surface area contributed by atoms with Gasteiger partial charge in [-0.1, -0.05) is 39.5 Å². The van der Waals surface area contributed by atoms with Crippen LogP contribution in [0.3, 0.4) is 0 Å². The standard InChI is InChI=1S/C19H29ClO2/c1-7-22-14(2)16(9-8-12-20)17-13-15(19(3,4)5)10-11-18(17)21-6/h10-11,13,16H,2,7-9,12H2,1,3-6H3. The van der Waals surface area contributed by atoms with Gasteiger partial charge in [0.2, 0.25) is 0 Å². The van der Waals surface area contributed by atoms with Gasteiger partial charge < -0.3 is 9.47 Å². The molecule has 0 N–H and O–H groups in total. The van der Waals surface area contributed by atoms with Crippen LogP contribution in [-0.4, -0.2) is 19.6 Å². The lowest BCUT2D eigenvalue weighted by Crippen LogP contribution is -2.14. The van der Waals surface area contributed by atoms with Crippen molar-refractivity contribution in [3.8, 4) is 5.75 Å². The Bertz CT molecular complexity index is 489. The zero-order valence-electron chi connectivity index (χ0n) is 14.5. The smallest absolute Gasteiger partial charge is 0.122 e. The van der Waals surface area contributed by atoms with Crippen LogP contribution in [0, 0.1) is 0 Å². The van der Waals surface area contributed by atoms with E-state index in [4.69, 9.17) is 21.1 Å². The lowest BCUT2D eigenvalue weighted by molar-refractivity contribution is 0.206. The molecule has 1 atom stereocenters. The largest absolute Gasteiger partial charge is 0.498 e. The van der Waals surface area contributed by atoms with Crippen LogP contribution in [0.1, 0.15) is 57.6 Å². The summed E-state index contributed by atoms with van der Waals surface area (Å²) >= 11 is 5.89. The van der Waals surface area contributed by atoms with Crippen molar-refractivity contribution >= 4 is 11.6 Å². The molecule has 0 aliphatic carbocycles. The first-order valence-electron chi connectivity index (χ1n) is 7.91. The number of allylic oxidation sites excluding steroid dienone is 1. The molecule has 22 heavy (non-hydrogen) atoms. The molecule has 0 amide bonds. The second-order valence-corrected chi connectivity index (χ2v) is 6.87. The van der Waals surface area contributed by atoms with E-state index in [0.29, 0.717) is 12.5 Å². The van der Waals surface area contributed by atoms with Crippen molar-refractivity contribution in [1.82, 2.24) is 0 Å². The second kappa shape index (κ2) is 8.47. The Morgan fingerprint density at radius 3 is 2.50 bits per heavy atom. The molecule has 0 aromatic heterocycles. The monoisotopic (exact) mass is 324 g/mol. The van der Waals surface area contributed by atoms with Gasteiger partial charge in [0.25, 0.3) is 0 Å². The molecule has 1 rings (SSSR count). The summed E-state index contributed by atoms with van der Waals surface area (Å²) in [5, 5.41) is 0. The molecule has 1 aromatic carbocycles. The third kappa shape index (κ3) is 4.95. The molecule has 1 aromatic rings. The maximum atomic E-state index is 5.89. The Morgan fingerprint density at radius 1 is 1.32 bits per heavy atom. The van der Waals surface area contributed by atoms with Crippen LogP contribution in [-0.2, 0) is 10.2 Å². The van der Waals surface area contributed by atoms with Crippen molar-refractivity contribution in [2.45, 2.75) is 51.9 Å². The molecule has 1 unspecified atom stereocenters. The fraction of sp³-hybridized carbons (Fsp3) is 0.579. The minimum absolute atomic E-state index is 0.0883. The van der Waals surface area contributed by atoms with Gasteiger partial charge in [-0.25, -0.2) is 0 Å². The molecule has 2 nitrogen and oxygen atoms in total. The van der Waals surface area contributed by atoms with E-state index < -0.39 is 0 Å². The predicted molar refractivity (Wildman–Crippen MR) is 95.2 cm³/mol. The van der Waals surface area contributed by atoms with E-state index >= 15 is 0 Å². The van der Waals surface area contributed by atoms with E-state index in [2.05, 4.69) is 39.5 Å². The molecule has 3 heteroatoms. The maximum Gasteiger partial charge on any atom is 0.122 e. The highest BCUT2D eigenvalue weighted by Crippen LogP contribution is 2.38. The van der Waals surface area contributed by atoms with Gasteiger partial charge in [0, 0.05) is 17.4 Å². The zero-order chi connectivity index (χ0) is 16.8. The van der Waals surface area contributed by atoms with E-state index in [0.717, 1.165) is 29.9 Å². The summed E-state index contributed by atoms with van der Waals surface area (Å²) in [6, 6.07) is 6.40. The van der Waals surface area contributed by atoms with Crippen LogP contribution in [0.2, 0.25) is 0 Å². The molecule has 0 radical (unpaired) electrons. The number of hydrogen-bond acceptors (Lipinski definition) is 2. The van der Waals surface area contributed by atoms with Gasteiger partial charge in [-0.3, -0.25) is 0 Å². The van der Waals surface area contributed by atoms with Crippen LogP contribution in [0.15, 0.2) is 30.5 Å². The van der Waals surface area contributed by atoms with E-state index in [-0.39, 0.29) is 11.3 Å². The van der Waals surface area contributed by atoms with Crippen molar-refractivity contribution in [3.63, 3.8) is 0 Å². The average Bonchev–Trinajstić information content (AvgIpc) is 2.46. The number of alkyl halides is 1. The third-order valence-corrected chi connectivity index (χ3v) is 4.08.